The van der Waals surface area contributed by atoms with Gasteiger partial charge < -0.3 is 0 Å². The Kier molecular flexibility index (Phi) is 9.12. The molecule has 1 aliphatic rings. The first-order valence-electron chi connectivity index (χ1n) is 6.59. The van der Waals surface area contributed by atoms with Gasteiger partial charge in [-0.25, -0.2) is 4.89 Å². The second kappa shape index (κ2) is 9.17. The lowest BCUT2D eigenvalue weighted by Crippen LogP contribution is -2.23. The van der Waals surface area contributed by atoms with Crippen molar-refractivity contribution in [2.24, 2.45) is 5.41 Å². The molecule has 1 fully saturated rings. The van der Waals surface area contributed by atoms with Crippen LogP contribution in [0.2, 0.25) is 0 Å². The normalized spacial score (nSPS) is 19.2. The summed E-state index contributed by atoms with van der Waals surface area (Å²) in [5, 5.41) is 8.25. The molecule has 0 aromatic heterocycles. The predicted octanol–water partition coefficient (Wildman–Crippen LogP) is 4.64. The highest BCUT2D eigenvalue weighted by molar-refractivity contribution is 4.81. The summed E-state index contributed by atoms with van der Waals surface area (Å²) >= 11 is 0. The molecule has 0 aromatic carbocycles. The minimum Gasteiger partial charge on any atom is -0.252 e. The number of rotatable bonds is 5. The average Bonchev–Trinajstić information content (AvgIpc) is 2.33. The molecule has 0 atom stereocenters. The zero-order chi connectivity index (χ0) is 11.6. The summed E-state index contributed by atoms with van der Waals surface area (Å²) in [6.45, 7) is 6.80. The van der Waals surface area contributed by atoms with Crippen molar-refractivity contribution in [1.29, 1.82) is 0 Å². The fourth-order valence-electron chi connectivity index (χ4n) is 2.59. The van der Waals surface area contributed by atoms with Gasteiger partial charge in [-0.2, -0.15) is 0 Å². The summed E-state index contributed by atoms with van der Waals surface area (Å²) < 4.78 is 0. The third-order valence-corrected chi connectivity index (χ3v) is 3.61. The molecule has 1 N–H and O–H groups in total. The van der Waals surface area contributed by atoms with Crippen LogP contribution in [-0.2, 0) is 4.89 Å². The summed E-state index contributed by atoms with van der Waals surface area (Å²) in [7, 11) is 0. The smallest absolute Gasteiger partial charge is 0.0820 e. The summed E-state index contributed by atoms with van der Waals surface area (Å²) in [4.78, 5) is 4.12. The molecule has 0 aliphatic heterocycles. The Bertz CT molecular complexity index is 128. The highest BCUT2D eigenvalue weighted by atomic mass is 17.1. The molecule has 0 unspecified atom stereocenters. The van der Waals surface area contributed by atoms with Crippen molar-refractivity contribution >= 4 is 0 Å². The van der Waals surface area contributed by atoms with Crippen LogP contribution < -0.4 is 0 Å². The maximum atomic E-state index is 8.25. The highest BCUT2D eigenvalue weighted by Crippen LogP contribution is 2.42. The number of hydrogen-bond acceptors (Lipinski definition) is 2. The molecule has 2 heteroatoms. The Morgan fingerprint density at radius 1 is 1.13 bits per heavy atom. The lowest BCUT2D eigenvalue weighted by Gasteiger charge is -2.36. The van der Waals surface area contributed by atoms with Crippen molar-refractivity contribution in [3.63, 3.8) is 0 Å². The minimum absolute atomic E-state index is 0.502. The van der Waals surface area contributed by atoms with E-state index in [9.17, 15) is 0 Å². The summed E-state index contributed by atoms with van der Waals surface area (Å²) in [6.07, 6.45) is 10.5. The van der Waals surface area contributed by atoms with Crippen LogP contribution in [0.1, 0.15) is 72.1 Å². The maximum Gasteiger partial charge on any atom is 0.0820 e. The van der Waals surface area contributed by atoms with E-state index in [0.29, 0.717) is 12.0 Å². The average molecular weight is 216 g/mol. The van der Waals surface area contributed by atoms with Gasteiger partial charge in [0.05, 0.1) is 6.61 Å². The topological polar surface area (TPSA) is 29.5 Å². The predicted molar refractivity (Wildman–Crippen MR) is 65.0 cm³/mol. The fourth-order valence-corrected chi connectivity index (χ4v) is 2.59. The Morgan fingerprint density at radius 3 is 2.20 bits per heavy atom. The highest BCUT2D eigenvalue weighted by Gasteiger charge is 2.29. The number of hydrogen-bond donors (Lipinski definition) is 1. The monoisotopic (exact) mass is 216 g/mol. The molecular weight excluding hydrogens is 188 g/mol. The first-order valence-corrected chi connectivity index (χ1v) is 6.59. The zero-order valence-corrected chi connectivity index (χ0v) is 10.7. The summed E-state index contributed by atoms with van der Waals surface area (Å²) in [5.41, 5.74) is 0.580. The molecule has 1 rings (SSSR count). The van der Waals surface area contributed by atoms with E-state index in [2.05, 4.69) is 11.8 Å². The lowest BCUT2D eigenvalue weighted by atomic mass is 9.69. The van der Waals surface area contributed by atoms with E-state index in [1.165, 1.54) is 44.9 Å². The molecule has 0 saturated heterocycles. The van der Waals surface area contributed by atoms with Gasteiger partial charge in [0.1, 0.15) is 0 Å². The van der Waals surface area contributed by atoms with Crippen molar-refractivity contribution in [3.8, 4) is 0 Å². The van der Waals surface area contributed by atoms with Crippen molar-refractivity contribution in [3.05, 3.63) is 0 Å². The fraction of sp³-hybridized carbons (Fsp3) is 1.00. The Labute approximate surface area is 95.0 Å². The summed E-state index contributed by atoms with van der Waals surface area (Å²) in [5.74, 6) is 0. The van der Waals surface area contributed by atoms with Crippen LogP contribution in [-0.4, -0.2) is 11.9 Å². The molecule has 0 radical (unpaired) electrons. The van der Waals surface area contributed by atoms with Crippen LogP contribution in [0.3, 0.4) is 0 Å². The molecule has 0 bridgehead atoms. The van der Waals surface area contributed by atoms with E-state index in [1.807, 2.05) is 13.8 Å². The maximum absolute atomic E-state index is 8.25. The van der Waals surface area contributed by atoms with Crippen molar-refractivity contribution < 1.29 is 10.1 Å². The van der Waals surface area contributed by atoms with Crippen LogP contribution >= 0.6 is 0 Å². The van der Waals surface area contributed by atoms with Crippen LogP contribution in [0, 0.1) is 5.41 Å². The van der Waals surface area contributed by atoms with Crippen molar-refractivity contribution in [2.75, 3.05) is 6.61 Å². The van der Waals surface area contributed by atoms with Crippen LogP contribution in [0.15, 0.2) is 0 Å². The Hall–Kier alpha value is -0.0800. The van der Waals surface area contributed by atoms with Crippen LogP contribution in [0.4, 0.5) is 0 Å². The molecule has 1 saturated carbocycles. The van der Waals surface area contributed by atoms with E-state index < -0.39 is 0 Å². The standard InChI is InChI=1S/C11H22O2.C2H6/c1-2-11(9-6-10-13-12)7-4-3-5-8-11;1-2/h12H,2-10H2,1H3;1-2H3. The van der Waals surface area contributed by atoms with E-state index in [1.54, 1.807) is 0 Å². The first-order chi connectivity index (χ1) is 7.33. The minimum atomic E-state index is 0.502. The van der Waals surface area contributed by atoms with Crippen molar-refractivity contribution in [2.45, 2.75) is 72.1 Å². The zero-order valence-electron chi connectivity index (χ0n) is 10.7. The van der Waals surface area contributed by atoms with Gasteiger partial charge in [0.2, 0.25) is 0 Å². The molecule has 92 valence electrons. The first kappa shape index (κ1) is 14.9. The van der Waals surface area contributed by atoms with Crippen LogP contribution in [0.5, 0.6) is 0 Å². The van der Waals surface area contributed by atoms with E-state index in [-0.39, 0.29) is 0 Å². The third kappa shape index (κ3) is 5.53. The second-order valence-electron chi connectivity index (χ2n) is 4.35. The van der Waals surface area contributed by atoms with Gasteiger partial charge in [-0.1, -0.05) is 46.5 Å². The van der Waals surface area contributed by atoms with Gasteiger partial charge >= 0.3 is 0 Å². The Morgan fingerprint density at radius 2 is 1.73 bits per heavy atom. The van der Waals surface area contributed by atoms with E-state index in [0.717, 1.165) is 6.42 Å². The molecule has 0 aromatic rings. The molecule has 1 aliphatic carbocycles. The van der Waals surface area contributed by atoms with Gasteiger partial charge in [-0.3, -0.25) is 5.26 Å². The quantitative estimate of drug-likeness (QED) is 0.412. The van der Waals surface area contributed by atoms with Crippen molar-refractivity contribution in [1.82, 2.24) is 0 Å². The van der Waals surface area contributed by atoms with Gasteiger partial charge in [0.15, 0.2) is 0 Å². The second-order valence-corrected chi connectivity index (χ2v) is 4.35. The van der Waals surface area contributed by atoms with Gasteiger partial charge in [0.25, 0.3) is 0 Å². The molecule has 0 heterocycles. The van der Waals surface area contributed by atoms with Gasteiger partial charge in [0, 0.05) is 0 Å². The third-order valence-electron chi connectivity index (χ3n) is 3.61. The molecule has 2 nitrogen and oxygen atoms in total. The summed E-state index contributed by atoms with van der Waals surface area (Å²) in [6, 6.07) is 0. The lowest BCUT2D eigenvalue weighted by molar-refractivity contribution is -0.243. The Balaban J connectivity index is 0.000000921. The van der Waals surface area contributed by atoms with Gasteiger partial charge in [-0.15, -0.1) is 0 Å². The van der Waals surface area contributed by atoms with Gasteiger partial charge in [-0.05, 0) is 31.1 Å². The van der Waals surface area contributed by atoms with E-state index >= 15 is 0 Å². The molecule has 0 amide bonds. The molecule has 15 heavy (non-hydrogen) atoms. The van der Waals surface area contributed by atoms with E-state index in [4.69, 9.17) is 5.26 Å². The van der Waals surface area contributed by atoms with Crippen LogP contribution in [0.25, 0.3) is 0 Å². The largest absolute Gasteiger partial charge is 0.252 e. The molecule has 0 spiro atoms. The molecular formula is C13H28O2. The SMILES string of the molecule is CC.CCC1(CCCOO)CCCCC1.